The van der Waals surface area contributed by atoms with Crippen LogP contribution in [0, 0.1) is 0 Å². The third kappa shape index (κ3) is 4.73. The summed E-state index contributed by atoms with van der Waals surface area (Å²) in [6, 6.07) is 67.9. The number of hydrogen-bond donors (Lipinski definition) is 0. The zero-order valence-electron chi connectivity index (χ0n) is 29.9. The molecular weight excluding hydrogens is 667 g/mol. The van der Waals surface area contributed by atoms with E-state index in [0.29, 0.717) is 0 Å². The van der Waals surface area contributed by atoms with Gasteiger partial charge in [-0.1, -0.05) is 146 Å². The second-order valence-electron chi connectivity index (χ2n) is 14.3. The number of nitrogens with zero attached hydrogens (tertiary/aromatic N) is 3. The first-order chi connectivity index (χ1) is 27.3. The van der Waals surface area contributed by atoms with Crippen LogP contribution in [0.4, 0.5) is 0 Å². The summed E-state index contributed by atoms with van der Waals surface area (Å²) in [5, 5.41) is 0. The zero-order chi connectivity index (χ0) is 36.3. The Hall–Kier alpha value is -7.23. The fourth-order valence-electron chi connectivity index (χ4n) is 9.18. The van der Waals surface area contributed by atoms with E-state index in [0.717, 1.165) is 39.5 Å². The minimum atomic E-state index is -0.400. The molecule has 3 heteroatoms. The average molecular weight is 700 g/mol. The molecular formula is C52H33N3. The third-order valence-electron chi connectivity index (χ3n) is 11.4. The Kier molecular flexibility index (Phi) is 7.08. The van der Waals surface area contributed by atoms with Crippen molar-refractivity contribution in [3.63, 3.8) is 0 Å². The SMILES string of the molecule is c1ccc(-c2cc(-c3ccccc3-c3ccccc3-c3ccc4c(c3)C3(c5ccccc5-c5ccccc53)c3ccccc3-4)cc(-c3ccccn3)n2)nc1. The highest BCUT2D eigenvalue weighted by Gasteiger charge is 2.51. The number of hydrogen-bond acceptors (Lipinski definition) is 3. The van der Waals surface area contributed by atoms with Crippen LogP contribution >= 0.6 is 0 Å². The Labute approximate surface area is 320 Å². The maximum Gasteiger partial charge on any atom is 0.0900 e. The van der Waals surface area contributed by atoms with Gasteiger partial charge in [0.15, 0.2) is 0 Å². The summed E-state index contributed by atoms with van der Waals surface area (Å²) < 4.78 is 0. The Balaban J connectivity index is 1.11. The number of fused-ring (bicyclic) bond motifs is 10. The van der Waals surface area contributed by atoms with Crippen molar-refractivity contribution in [1.82, 2.24) is 15.0 Å². The Morgan fingerprint density at radius 3 is 1.15 bits per heavy atom. The van der Waals surface area contributed by atoms with Gasteiger partial charge in [-0.2, -0.15) is 0 Å². The van der Waals surface area contributed by atoms with Crippen molar-refractivity contribution >= 4 is 0 Å². The van der Waals surface area contributed by atoms with Crippen LogP contribution in [-0.4, -0.2) is 15.0 Å². The topological polar surface area (TPSA) is 38.7 Å². The zero-order valence-corrected chi connectivity index (χ0v) is 29.9. The normalized spacial score (nSPS) is 12.9. The van der Waals surface area contributed by atoms with Gasteiger partial charge in [0, 0.05) is 12.4 Å². The van der Waals surface area contributed by atoms with E-state index in [-0.39, 0.29) is 0 Å². The molecule has 1 spiro atoms. The van der Waals surface area contributed by atoms with Gasteiger partial charge >= 0.3 is 0 Å². The highest BCUT2D eigenvalue weighted by Crippen LogP contribution is 2.63. The number of rotatable bonds is 5. The molecule has 0 saturated heterocycles. The lowest BCUT2D eigenvalue weighted by Gasteiger charge is -2.30. The van der Waals surface area contributed by atoms with E-state index in [9.17, 15) is 0 Å². The van der Waals surface area contributed by atoms with Crippen LogP contribution in [-0.2, 0) is 5.41 Å². The molecule has 2 aliphatic rings. The van der Waals surface area contributed by atoms with Gasteiger partial charge in [0.05, 0.1) is 28.2 Å². The van der Waals surface area contributed by atoms with Gasteiger partial charge in [-0.3, -0.25) is 9.97 Å². The lowest BCUT2D eigenvalue weighted by molar-refractivity contribution is 0.794. The van der Waals surface area contributed by atoms with Crippen molar-refractivity contribution in [2.45, 2.75) is 5.41 Å². The standard InChI is InChI=1S/C52H33N3/c1-3-17-38(39-18-4-2-16-37(39)35-32-50(48-25-11-13-29-53-48)55-51(33-35)49-26-12-14-30-54-49)36(15-1)34-27-28-43-42-21-7-10-24-46(42)52(47(43)31-34)44-22-8-5-19-40(44)41-20-6-9-23-45(41)52/h1-33H. The Morgan fingerprint density at radius 2 is 0.673 bits per heavy atom. The fraction of sp³-hybridized carbons (Fsp3) is 0.0192. The van der Waals surface area contributed by atoms with Crippen molar-refractivity contribution in [2.24, 2.45) is 0 Å². The molecule has 9 aromatic rings. The van der Waals surface area contributed by atoms with Crippen molar-refractivity contribution in [2.75, 3.05) is 0 Å². The molecule has 0 atom stereocenters. The molecule has 0 fully saturated rings. The number of pyridine rings is 3. The van der Waals surface area contributed by atoms with Gasteiger partial charge in [-0.05, 0) is 120 Å². The predicted molar refractivity (Wildman–Crippen MR) is 223 cm³/mol. The summed E-state index contributed by atoms with van der Waals surface area (Å²) in [5.74, 6) is 0. The molecule has 2 aliphatic carbocycles. The smallest absolute Gasteiger partial charge is 0.0900 e. The lowest BCUT2D eigenvalue weighted by Crippen LogP contribution is -2.25. The predicted octanol–water partition coefficient (Wildman–Crippen LogP) is 12.6. The van der Waals surface area contributed by atoms with Gasteiger partial charge in [-0.15, -0.1) is 0 Å². The molecule has 0 unspecified atom stereocenters. The molecule has 3 heterocycles. The summed E-state index contributed by atoms with van der Waals surface area (Å²) in [5.41, 5.74) is 20.4. The van der Waals surface area contributed by atoms with Gasteiger partial charge in [0.1, 0.15) is 0 Å². The lowest BCUT2D eigenvalue weighted by atomic mass is 9.70. The Bertz CT molecular complexity index is 2810. The average Bonchev–Trinajstić information content (AvgIpc) is 3.74. The maximum atomic E-state index is 5.06. The van der Waals surface area contributed by atoms with Crippen LogP contribution in [0.2, 0.25) is 0 Å². The highest BCUT2D eigenvalue weighted by molar-refractivity contribution is 5.98. The van der Waals surface area contributed by atoms with E-state index in [1.54, 1.807) is 0 Å². The minimum Gasteiger partial charge on any atom is -0.255 e. The first-order valence-corrected chi connectivity index (χ1v) is 18.8. The summed E-state index contributed by atoms with van der Waals surface area (Å²) >= 11 is 0. The Morgan fingerprint density at radius 1 is 0.273 bits per heavy atom. The summed E-state index contributed by atoms with van der Waals surface area (Å²) in [6.45, 7) is 0. The van der Waals surface area contributed by atoms with Crippen LogP contribution in [0.25, 0.3) is 78.4 Å². The number of benzene rings is 6. The van der Waals surface area contributed by atoms with E-state index in [1.165, 1.54) is 61.2 Å². The van der Waals surface area contributed by atoms with Crippen molar-refractivity contribution < 1.29 is 0 Å². The molecule has 3 aromatic heterocycles. The van der Waals surface area contributed by atoms with Crippen LogP contribution in [0.1, 0.15) is 22.3 Å². The van der Waals surface area contributed by atoms with Gasteiger partial charge < -0.3 is 0 Å². The van der Waals surface area contributed by atoms with Gasteiger partial charge in [0.2, 0.25) is 0 Å². The second-order valence-corrected chi connectivity index (χ2v) is 14.3. The monoisotopic (exact) mass is 699 g/mol. The van der Waals surface area contributed by atoms with E-state index < -0.39 is 5.41 Å². The molecule has 55 heavy (non-hydrogen) atoms. The summed E-state index contributed by atoms with van der Waals surface area (Å²) in [6.07, 6.45) is 3.63. The molecule has 0 radical (unpaired) electrons. The van der Waals surface area contributed by atoms with E-state index >= 15 is 0 Å². The van der Waals surface area contributed by atoms with E-state index in [2.05, 4.69) is 162 Å². The van der Waals surface area contributed by atoms with Crippen molar-refractivity contribution in [1.29, 1.82) is 0 Å². The summed E-state index contributed by atoms with van der Waals surface area (Å²) in [4.78, 5) is 14.4. The molecule has 3 nitrogen and oxygen atoms in total. The molecule has 6 aromatic carbocycles. The van der Waals surface area contributed by atoms with Crippen LogP contribution in [0.5, 0.6) is 0 Å². The van der Waals surface area contributed by atoms with Crippen LogP contribution < -0.4 is 0 Å². The highest BCUT2D eigenvalue weighted by atomic mass is 14.8. The molecule has 0 saturated carbocycles. The molecule has 0 N–H and O–H groups in total. The third-order valence-corrected chi connectivity index (χ3v) is 11.4. The fourth-order valence-corrected chi connectivity index (χ4v) is 9.18. The van der Waals surface area contributed by atoms with E-state index in [1.807, 2.05) is 48.8 Å². The second kappa shape index (κ2) is 12.4. The van der Waals surface area contributed by atoms with E-state index in [4.69, 9.17) is 4.98 Å². The molecule has 256 valence electrons. The van der Waals surface area contributed by atoms with Crippen LogP contribution in [0.15, 0.2) is 200 Å². The van der Waals surface area contributed by atoms with Gasteiger partial charge in [-0.25, -0.2) is 4.98 Å². The quantitative estimate of drug-likeness (QED) is 0.179. The first-order valence-electron chi connectivity index (χ1n) is 18.8. The minimum absolute atomic E-state index is 0.400. The first kappa shape index (κ1) is 31.3. The largest absolute Gasteiger partial charge is 0.255 e. The maximum absolute atomic E-state index is 5.06. The molecule has 0 amide bonds. The van der Waals surface area contributed by atoms with Gasteiger partial charge in [0.25, 0.3) is 0 Å². The molecule has 11 rings (SSSR count). The van der Waals surface area contributed by atoms with Crippen molar-refractivity contribution in [3.05, 3.63) is 223 Å². The van der Waals surface area contributed by atoms with Crippen molar-refractivity contribution in [3.8, 4) is 78.4 Å². The summed E-state index contributed by atoms with van der Waals surface area (Å²) in [7, 11) is 0. The molecule has 0 aliphatic heterocycles. The number of aromatic nitrogens is 3. The molecule has 0 bridgehead atoms. The van der Waals surface area contributed by atoms with Crippen LogP contribution in [0.3, 0.4) is 0 Å².